The Kier molecular flexibility index (Phi) is 5.25. The topological polar surface area (TPSA) is 78.6 Å². The standard InChI is InChI=1S/C18H29N3O3/c1-20-12-9-19-17(20)16(23)14-5-10-21(11-6-14)15(22)13-18(24)7-3-2-4-8-18/h9,12,14,16,23-24H,2-8,10-11,13H2,1H3. The molecular formula is C18H29N3O3. The molecule has 6 nitrogen and oxygen atoms in total. The van der Waals surface area contributed by atoms with Gasteiger partial charge >= 0.3 is 0 Å². The van der Waals surface area contributed by atoms with Crippen molar-refractivity contribution in [3.63, 3.8) is 0 Å². The predicted molar refractivity (Wildman–Crippen MR) is 90.1 cm³/mol. The van der Waals surface area contributed by atoms with Crippen molar-refractivity contribution in [1.29, 1.82) is 0 Å². The van der Waals surface area contributed by atoms with Crippen LogP contribution in [0.5, 0.6) is 0 Å². The summed E-state index contributed by atoms with van der Waals surface area (Å²) in [5.74, 6) is 0.883. The zero-order chi connectivity index (χ0) is 17.2. The summed E-state index contributed by atoms with van der Waals surface area (Å²) < 4.78 is 1.85. The average Bonchev–Trinajstić information content (AvgIpc) is 3.00. The molecule has 1 saturated carbocycles. The number of carbonyl (C=O) groups excluding carboxylic acids is 1. The first kappa shape index (κ1) is 17.4. The van der Waals surface area contributed by atoms with Gasteiger partial charge in [-0.2, -0.15) is 0 Å². The molecule has 2 heterocycles. The van der Waals surface area contributed by atoms with E-state index in [2.05, 4.69) is 4.98 Å². The minimum Gasteiger partial charge on any atom is -0.389 e. The van der Waals surface area contributed by atoms with Crippen LogP contribution in [-0.4, -0.2) is 49.3 Å². The van der Waals surface area contributed by atoms with E-state index in [4.69, 9.17) is 0 Å². The van der Waals surface area contributed by atoms with Crippen LogP contribution in [0.3, 0.4) is 0 Å². The fourth-order valence-corrected chi connectivity index (χ4v) is 4.12. The number of aliphatic hydroxyl groups excluding tert-OH is 1. The zero-order valence-corrected chi connectivity index (χ0v) is 14.5. The number of aromatic nitrogens is 2. The number of nitrogens with zero attached hydrogens (tertiary/aromatic N) is 3. The molecule has 1 saturated heterocycles. The third-order valence-corrected chi connectivity index (χ3v) is 5.73. The van der Waals surface area contributed by atoms with Crippen molar-refractivity contribution in [2.45, 2.75) is 63.1 Å². The van der Waals surface area contributed by atoms with Crippen LogP contribution in [-0.2, 0) is 11.8 Å². The maximum Gasteiger partial charge on any atom is 0.225 e. The molecule has 2 N–H and O–H groups in total. The summed E-state index contributed by atoms with van der Waals surface area (Å²) >= 11 is 0. The Bertz CT molecular complexity index is 558. The largest absolute Gasteiger partial charge is 0.389 e. The Balaban J connectivity index is 1.51. The highest BCUT2D eigenvalue weighted by Gasteiger charge is 2.35. The van der Waals surface area contributed by atoms with Gasteiger partial charge in [0.1, 0.15) is 11.9 Å². The smallest absolute Gasteiger partial charge is 0.225 e. The number of rotatable bonds is 4. The van der Waals surface area contributed by atoms with Crippen molar-refractivity contribution in [2.75, 3.05) is 13.1 Å². The van der Waals surface area contributed by atoms with Gasteiger partial charge in [0.2, 0.25) is 5.91 Å². The lowest BCUT2D eigenvalue weighted by molar-refractivity contribution is -0.139. The fourth-order valence-electron chi connectivity index (χ4n) is 4.12. The summed E-state index contributed by atoms with van der Waals surface area (Å²) in [4.78, 5) is 18.6. The average molecular weight is 335 g/mol. The van der Waals surface area contributed by atoms with Crippen LogP contribution < -0.4 is 0 Å². The molecule has 1 amide bonds. The van der Waals surface area contributed by atoms with Crippen LogP contribution in [0.25, 0.3) is 0 Å². The van der Waals surface area contributed by atoms with Gasteiger partial charge in [0.25, 0.3) is 0 Å². The third kappa shape index (κ3) is 3.81. The van der Waals surface area contributed by atoms with Crippen LogP contribution in [0, 0.1) is 5.92 Å². The molecule has 1 aromatic heterocycles. The summed E-state index contributed by atoms with van der Waals surface area (Å²) in [5, 5.41) is 21.1. The first-order chi connectivity index (χ1) is 11.5. The van der Waals surface area contributed by atoms with Crippen LogP contribution in [0.4, 0.5) is 0 Å². The summed E-state index contributed by atoms with van der Waals surface area (Å²) in [7, 11) is 1.88. The number of aryl methyl sites for hydroxylation is 1. The monoisotopic (exact) mass is 335 g/mol. The van der Waals surface area contributed by atoms with E-state index < -0.39 is 11.7 Å². The van der Waals surface area contributed by atoms with Crippen LogP contribution in [0.1, 0.15) is 63.3 Å². The van der Waals surface area contributed by atoms with Crippen LogP contribution in [0.2, 0.25) is 0 Å². The minimum absolute atomic E-state index is 0.0596. The SMILES string of the molecule is Cn1ccnc1C(O)C1CCN(C(=O)CC2(O)CCCCC2)CC1. The van der Waals surface area contributed by atoms with Crippen LogP contribution >= 0.6 is 0 Å². The lowest BCUT2D eigenvalue weighted by atomic mass is 9.82. The number of carbonyl (C=O) groups is 1. The fraction of sp³-hybridized carbons (Fsp3) is 0.778. The zero-order valence-electron chi connectivity index (χ0n) is 14.5. The predicted octanol–water partition coefficient (Wildman–Crippen LogP) is 1.78. The van der Waals surface area contributed by atoms with E-state index in [0.29, 0.717) is 18.9 Å². The molecule has 1 atom stereocenters. The Morgan fingerprint density at radius 1 is 1.33 bits per heavy atom. The van der Waals surface area contributed by atoms with E-state index >= 15 is 0 Å². The second-order valence-corrected chi connectivity index (χ2v) is 7.52. The molecule has 3 rings (SSSR count). The van der Waals surface area contributed by atoms with Gasteiger partial charge in [-0.05, 0) is 31.6 Å². The number of hydrogen-bond acceptors (Lipinski definition) is 4. The highest BCUT2D eigenvalue weighted by atomic mass is 16.3. The molecule has 134 valence electrons. The molecule has 2 fully saturated rings. The third-order valence-electron chi connectivity index (χ3n) is 5.73. The summed E-state index contributed by atoms with van der Waals surface area (Å²) in [6.45, 7) is 1.31. The number of piperidine rings is 1. The van der Waals surface area contributed by atoms with Crippen molar-refractivity contribution in [3.8, 4) is 0 Å². The molecule has 24 heavy (non-hydrogen) atoms. The van der Waals surface area contributed by atoms with E-state index in [1.807, 2.05) is 22.7 Å². The van der Waals surface area contributed by atoms with E-state index in [1.165, 1.54) is 0 Å². The molecule has 0 radical (unpaired) electrons. The molecular weight excluding hydrogens is 306 g/mol. The van der Waals surface area contributed by atoms with Gasteiger partial charge in [0.05, 0.1) is 12.0 Å². The number of likely N-dealkylation sites (tertiary alicyclic amines) is 1. The molecule has 0 aromatic carbocycles. The van der Waals surface area contributed by atoms with Crippen molar-refractivity contribution < 1.29 is 15.0 Å². The van der Waals surface area contributed by atoms with E-state index in [1.54, 1.807) is 6.20 Å². The highest BCUT2D eigenvalue weighted by molar-refractivity contribution is 5.77. The molecule has 0 spiro atoms. The Morgan fingerprint density at radius 2 is 2.00 bits per heavy atom. The lowest BCUT2D eigenvalue weighted by Crippen LogP contribution is -2.44. The van der Waals surface area contributed by atoms with Gasteiger partial charge in [-0.25, -0.2) is 4.98 Å². The van der Waals surface area contributed by atoms with Gasteiger partial charge in [-0.15, -0.1) is 0 Å². The molecule has 1 unspecified atom stereocenters. The van der Waals surface area contributed by atoms with Gasteiger partial charge in [-0.3, -0.25) is 4.79 Å². The van der Waals surface area contributed by atoms with Crippen molar-refractivity contribution in [2.24, 2.45) is 13.0 Å². The minimum atomic E-state index is -0.793. The Labute approximate surface area is 143 Å². The number of amides is 1. The van der Waals surface area contributed by atoms with Crippen molar-refractivity contribution in [1.82, 2.24) is 14.5 Å². The molecule has 1 aromatic rings. The van der Waals surface area contributed by atoms with Crippen LogP contribution in [0.15, 0.2) is 12.4 Å². The highest BCUT2D eigenvalue weighted by Crippen LogP contribution is 2.33. The lowest BCUT2D eigenvalue weighted by Gasteiger charge is -2.37. The Hall–Kier alpha value is -1.40. The second-order valence-electron chi connectivity index (χ2n) is 7.52. The summed E-state index contributed by atoms with van der Waals surface area (Å²) in [6, 6.07) is 0. The van der Waals surface area contributed by atoms with Gasteiger partial charge in [0, 0.05) is 32.5 Å². The van der Waals surface area contributed by atoms with E-state index in [-0.39, 0.29) is 18.2 Å². The molecule has 6 heteroatoms. The quantitative estimate of drug-likeness (QED) is 0.879. The maximum atomic E-state index is 12.5. The number of aliphatic hydroxyl groups is 2. The van der Waals surface area contributed by atoms with Crippen molar-refractivity contribution in [3.05, 3.63) is 18.2 Å². The number of hydrogen-bond donors (Lipinski definition) is 2. The van der Waals surface area contributed by atoms with E-state index in [9.17, 15) is 15.0 Å². The first-order valence-electron chi connectivity index (χ1n) is 9.14. The molecule has 1 aliphatic heterocycles. The number of imidazole rings is 1. The molecule has 0 bridgehead atoms. The normalized spacial score (nSPS) is 23.2. The Morgan fingerprint density at radius 3 is 2.58 bits per heavy atom. The van der Waals surface area contributed by atoms with Gasteiger partial charge < -0.3 is 19.7 Å². The van der Waals surface area contributed by atoms with Gasteiger partial charge in [0.15, 0.2) is 0 Å². The summed E-state index contributed by atoms with van der Waals surface area (Å²) in [6.07, 6.45) is 9.43. The maximum absolute atomic E-state index is 12.5. The summed E-state index contributed by atoms with van der Waals surface area (Å²) in [5.41, 5.74) is -0.793. The molecule has 2 aliphatic rings. The van der Waals surface area contributed by atoms with E-state index in [0.717, 1.165) is 44.9 Å². The second kappa shape index (κ2) is 7.23. The van der Waals surface area contributed by atoms with Crippen molar-refractivity contribution >= 4 is 5.91 Å². The van der Waals surface area contributed by atoms with Gasteiger partial charge in [-0.1, -0.05) is 19.3 Å². The molecule has 1 aliphatic carbocycles. The first-order valence-corrected chi connectivity index (χ1v) is 9.14.